The third-order valence-electron chi connectivity index (χ3n) is 3.81. The number of methoxy groups -OCH3 is 1. The summed E-state index contributed by atoms with van der Waals surface area (Å²) in [5, 5.41) is 3.68. The van der Waals surface area contributed by atoms with E-state index >= 15 is 0 Å². The molecule has 1 aliphatic rings. The van der Waals surface area contributed by atoms with Gasteiger partial charge in [-0.3, -0.25) is 0 Å². The SMILES string of the molecule is COc1cccc(CNC2CCN(C)CC2C)c1. The van der Waals surface area contributed by atoms with Gasteiger partial charge in [0, 0.05) is 19.1 Å². The van der Waals surface area contributed by atoms with Crippen LogP contribution in [0.15, 0.2) is 24.3 Å². The number of hydrogen-bond donors (Lipinski definition) is 1. The van der Waals surface area contributed by atoms with Crippen LogP contribution in [0.5, 0.6) is 5.75 Å². The minimum absolute atomic E-state index is 0.632. The standard InChI is InChI=1S/C15H24N2O/c1-12-11-17(2)8-7-15(12)16-10-13-5-4-6-14(9-13)18-3/h4-6,9,12,15-16H,7-8,10-11H2,1-3H3. The number of nitrogens with one attached hydrogen (secondary N) is 1. The van der Waals surface area contributed by atoms with Gasteiger partial charge in [0.25, 0.3) is 0 Å². The second-order valence-corrected chi connectivity index (χ2v) is 5.37. The molecule has 1 fully saturated rings. The summed E-state index contributed by atoms with van der Waals surface area (Å²) in [6.07, 6.45) is 1.24. The predicted octanol–water partition coefficient (Wildman–Crippen LogP) is 2.12. The van der Waals surface area contributed by atoms with Gasteiger partial charge in [0.2, 0.25) is 0 Å². The maximum absolute atomic E-state index is 5.25. The van der Waals surface area contributed by atoms with Gasteiger partial charge in [-0.15, -0.1) is 0 Å². The molecule has 3 heteroatoms. The topological polar surface area (TPSA) is 24.5 Å². The van der Waals surface area contributed by atoms with Crippen LogP contribution in [0.25, 0.3) is 0 Å². The molecule has 100 valence electrons. The molecular weight excluding hydrogens is 224 g/mol. The molecule has 2 rings (SSSR count). The van der Waals surface area contributed by atoms with Crippen LogP contribution in [-0.4, -0.2) is 38.2 Å². The van der Waals surface area contributed by atoms with E-state index < -0.39 is 0 Å². The first-order valence-electron chi connectivity index (χ1n) is 6.74. The van der Waals surface area contributed by atoms with Crippen molar-refractivity contribution in [3.05, 3.63) is 29.8 Å². The fourth-order valence-electron chi connectivity index (χ4n) is 2.69. The Morgan fingerprint density at radius 1 is 1.44 bits per heavy atom. The zero-order valence-corrected chi connectivity index (χ0v) is 11.6. The van der Waals surface area contributed by atoms with Crippen molar-refractivity contribution in [3.63, 3.8) is 0 Å². The van der Waals surface area contributed by atoms with Gasteiger partial charge in [-0.25, -0.2) is 0 Å². The maximum atomic E-state index is 5.25. The van der Waals surface area contributed by atoms with E-state index in [2.05, 4.69) is 36.3 Å². The third kappa shape index (κ3) is 3.47. The molecule has 1 aromatic carbocycles. The van der Waals surface area contributed by atoms with Crippen LogP contribution in [0.3, 0.4) is 0 Å². The van der Waals surface area contributed by atoms with E-state index in [0.717, 1.165) is 12.3 Å². The summed E-state index contributed by atoms with van der Waals surface area (Å²) < 4.78 is 5.25. The van der Waals surface area contributed by atoms with Crippen molar-refractivity contribution < 1.29 is 4.74 Å². The number of hydrogen-bond acceptors (Lipinski definition) is 3. The van der Waals surface area contributed by atoms with Crippen molar-refractivity contribution in [2.75, 3.05) is 27.2 Å². The van der Waals surface area contributed by atoms with Gasteiger partial charge in [-0.1, -0.05) is 19.1 Å². The van der Waals surface area contributed by atoms with Crippen LogP contribution in [-0.2, 0) is 6.54 Å². The van der Waals surface area contributed by atoms with E-state index in [1.165, 1.54) is 25.1 Å². The number of likely N-dealkylation sites (tertiary alicyclic amines) is 1. The summed E-state index contributed by atoms with van der Waals surface area (Å²) in [6, 6.07) is 8.92. The fourth-order valence-corrected chi connectivity index (χ4v) is 2.69. The number of ether oxygens (including phenoxy) is 1. The lowest BCUT2D eigenvalue weighted by Crippen LogP contribution is -2.46. The first-order valence-corrected chi connectivity index (χ1v) is 6.74. The molecule has 2 atom stereocenters. The van der Waals surface area contributed by atoms with Gasteiger partial charge in [0.15, 0.2) is 0 Å². The molecule has 0 aromatic heterocycles. The Balaban J connectivity index is 1.87. The number of piperidine rings is 1. The van der Waals surface area contributed by atoms with Gasteiger partial charge < -0.3 is 15.0 Å². The molecule has 1 heterocycles. The van der Waals surface area contributed by atoms with E-state index in [0.29, 0.717) is 12.0 Å². The second-order valence-electron chi connectivity index (χ2n) is 5.37. The second kappa shape index (κ2) is 6.21. The molecule has 0 spiro atoms. The van der Waals surface area contributed by atoms with Crippen molar-refractivity contribution in [1.29, 1.82) is 0 Å². The normalized spacial score (nSPS) is 25.1. The highest BCUT2D eigenvalue weighted by Gasteiger charge is 2.23. The number of benzene rings is 1. The lowest BCUT2D eigenvalue weighted by Gasteiger charge is -2.35. The van der Waals surface area contributed by atoms with Crippen molar-refractivity contribution in [2.45, 2.75) is 25.9 Å². The summed E-state index contributed by atoms with van der Waals surface area (Å²) in [5.41, 5.74) is 1.29. The minimum atomic E-state index is 0.632. The molecule has 0 bridgehead atoms. The summed E-state index contributed by atoms with van der Waals surface area (Å²) in [5.74, 6) is 1.65. The van der Waals surface area contributed by atoms with Crippen LogP contribution < -0.4 is 10.1 Å². The van der Waals surface area contributed by atoms with Crippen molar-refractivity contribution in [2.24, 2.45) is 5.92 Å². The quantitative estimate of drug-likeness (QED) is 0.883. The Bertz CT molecular complexity index is 381. The zero-order chi connectivity index (χ0) is 13.0. The Kier molecular flexibility index (Phi) is 4.61. The molecule has 18 heavy (non-hydrogen) atoms. The van der Waals surface area contributed by atoms with Gasteiger partial charge in [-0.2, -0.15) is 0 Å². The Morgan fingerprint density at radius 2 is 2.28 bits per heavy atom. The average Bonchev–Trinajstić information content (AvgIpc) is 2.38. The predicted molar refractivity (Wildman–Crippen MR) is 74.9 cm³/mol. The number of nitrogens with zero attached hydrogens (tertiary/aromatic N) is 1. The van der Waals surface area contributed by atoms with E-state index in [-0.39, 0.29) is 0 Å². The van der Waals surface area contributed by atoms with E-state index in [4.69, 9.17) is 4.74 Å². The molecule has 1 N–H and O–H groups in total. The molecule has 3 nitrogen and oxygen atoms in total. The molecule has 0 amide bonds. The van der Waals surface area contributed by atoms with Crippen LogP contribution in [0.4, 0.5) is 0 Å². The average molecular weight is 248 g/mol. The first kappa shape index (κ1) is 13.4. The lowest BCUT2D eigenvalue weighted by molar-refractivity contribution is 0.174. The van der Waals surface area contributed by atoms with Crippen molar-refractivity contribution in [1.82, 2.24) is 10.2 Å². The minimum Gasteiger partial charge on any atom is -0.497 e. The summed E-state index contributed by atoms with van der Waals surface area (Å²) in [6.45, 7) is 5.64. The first-order chi connectivity index (χ1) is 8.69. The van der Waals surface area contributed by atoms with E-state index in [1.807, 2.05) is 12.1 Å². The Labute approximate surface area is 110 Å². The third-order valence-corrected chi connectivity index (χ3v) is 3.81. The monoisotopic (exact) mass is 248 g/mol. The highest BCUT2D eigenvalue weighted by atomic mass is 16.5. The largest absolute Gasteiger partial charge is 0.497 e. The van der Waals surface area contributed by atoms with Crippen molar-refractivity contribution >= 4 is 0 Å². The van der Waals surface area contributed by atoms with Gasteiger partial charge in [0.05, 0.1) is 7.11 Å². The summed E-state index contributed by atoms with van der Waals surface area (Å²) in [7, 11) is 3.92. The number of rotatable bonds is 4. The molecule has 1 saturated heterocycles. The molecule has 2 unspecified atom stereocenters. The molecular formula is C15H24N2O. The molecule has 0 saturated carbocycles. The molecule has 0 aliphatic carbocycles. The van der Waals surface area contributed by atoms with E-state index in [9.17, 15) is 0 Å². The fraction of sp³-hybridized carbons (Fsp3) is 0.600. The highest BCUT2D eigenvalue weighted by molar-refractivity contribution is 5.28. The van der Waals surface area contributed by atoms with Gasteiger partial charge >= 0.3 is 0 Å². The van der Waals surface area contributed by atoms with Gasteiger partial charge in [0.1, 0.15) is 5.75 Å². The van der Waals surface area contributed by atoms with Crippen molar-refractivity contribution in [3.8, 4) is 5.75 Å². The zero-order valence-electron chi connectivity index (χ0n) is 11.6. The van der Waals surface area contributed by atoms with Crippen LogP contribution >= 0.6 is 0 Å². The maximum Gasteiger partial charge on any atom is 0.119 e. The smallest absolute Gasteiger partial charge is 0.119 e. The van der Waals surface area contributed by atoms with Crippen LogP contribution in [0, 0.1) is 5.92 Å². The molecule has 1 aliphatic heterocycles. The molecule has 0 radical (unpaired) electrons. The molecule has 1 aromatic rings. The Hall–Kier alpha value is -1.06. The van der Waals surface area contributed by atoms with Crippen LogP contribution in [0.1, 0.15) is 18.9 Å². The van der Waals surface area contributed by atoms with Crippen LogP contribution in [0.2, 0.25) is 0 Å². The van der Waals surface area contributed by atoms with Gasteiger partial charge in [-0.05, 0) is 43.6 Å². The van der Waals surface area contributed by atoms with E-state index in [1.54, 1.807) is 7.11 Å². The highest BCUT2D eigenvalue weighted by Crippen LogP contribution is 2.17. The summed E-state index contributed by atoms with van der Waals surface area (Å²) in [4.78, 5) is 2.41. The lowest BCUT2D eigenvalue weighted by atomic mass is 9.94. The summed E-state index contributed by atoms with van der Waals surface area (Å²) >= 11 is 0. The Morgan fingerprint density at radius 3 is 3.00 bits per heavy atom.